The molecule has 0 aliphatic carbocycles. The highest BCUT2D eigenvalue weighted by molar-refractivity contribution is 7.99. The zero-order chi connectivity index (χ0) is 11.1. The lowest BCUT2D eigenvalue weighted by molar-refractivity contribution is 0.0580. The minimum Gasteiger partial charge on any atom is -0.451 e. The summed E-state index contributed by atoms with van der Waals surface area (Å²) in [6.07, 6.45) is 1.17. The van der Waals surface area contributed by atoms with Gasteiger partial charge < -0.3 is 4.74 Å². The van der Waals surface area contributed by atoms with E-state index in [4.69, 9.17) is 4.74 Å². The van der Waals surface area contributed by atoms with Crippen molar-refractivity contribution in [2.24, 2.45) is 5.92 Å². The lowest BCUT2D eigenvalue weighted by Crippen LogP contribution is -2.03. The molecule has 2 nitrogen and oxygen atoms in total. The second kappa shape index (κ2) is 6.90. The molecule has 0 saturated heterocycles. The van der Waals surface area contributed by atoms with Gasteiger partial charge in [-0.25, -0.2) is 4.79 Å². The highest BCUT2D eigenvalue weighted by Gasteiger charge is 2.06. The third-order valence-electron chi connectivity index (χ3n) is 1.87. The third kappa shape index (κ3) is 5.23. The molecular weight excluding hydrogens is 228 g/mol. The van der Waals surface area contributed by atoms with Crippen LogP contribution in [-0.4, -0.2) is 17.7 Å². The number of hydrogen-bond donors (Lipinski definition) is 0. The summed E-state index contributed by atoms with van der Waals surface area (Å²) >= 11 is 3.18. The second-order valence-electron chi connectivity index (χ2n) is 3.65. The molecule has 1 aromatic rings. The van der Waals surface area contributed by atoms with Gasteiger partial charge >= 0.3 is 5.97 Å². The maximum absolute atomic E-state index is 11.4. The number of carbonyl (C=O) groups excluding carboxylic acids is 1. The normalized spacial score (nSPS) is 10.6. The monoisotopic (exact) mass is 244 g/mol. The Labute approximate surface area is 99.0 Å². The SMILES string of the molecule is CC(C)CCSCOC(=O)c1ccsc1. The molecule has 0 N–H and O–H groups in total. The molecule has 0 aliphatic rings. The van der Waals surface area contributed by atoms with Crippen LogP contribution in [0.4, 0.5) is 0 Å². The van der Waals surface area contributed by atoms with Gasteiger partial charge in [0, 0.05) is 5.38 Å². The zero-order valence-corrected chi connectivity index (χ0v) is 10.7. The molecule has 1 aromatic heterocycles. The number of thioether (sulfide) groups is 1. The second-order valence-corrected chi connectivity index (χ2v) is 5.48. The van der Waals surface area contributed by atoms with E-state index in [1.807, 2.05) is 5.38 Å². The fraction of sp³-hybridized carbons (Fsp3) is 0.545. The van der Waals surface area contributed by atoms with Crippen molar-refractivity contribution in [3.05, 3.63) is 22.4 Å². The van der Waals surface area contributed by atoms with Gasteiger partial charge in [0.25, 0.3) is 0 Å². The molecule has 0 unspecified atom stereocenters. The molecule has 0 bridgehead atoms. The van der Waals surface area contributed by atoms with Crippen LogP contribution in [0.1, 0.15) is 30.6 Å². The number of rotatable bonds is 6. The van der Waals surface area contributed by atoms with Gasteiger partial charge in [0.15, 0.2) is 0 Å². The van der Waals surface area contributed by atoms with Gasteiger partial charge in [0.05, 0.1) is 5.56 Å². The van der Waals surface area contributed by atoms with Crippen LogP contribution in [0, 0.1) is 5.92 Å². The molecule has 0 fully saturated rings. The van der Waals surface area contributed by atoms with Crippen molar-refractivity contribution in [3.63, 3.8) is 0 Å². The van der Waals surface area contributed by atoms with Crippen LogP contribution in [0.25, 0.3) is 0 Å². The van der Waals surface area contributed by atoms with Crippen molar-refractivity contribution < 1.29 is 9.53 Å². The highest BCUT2D eigenvalue weighted by Crippen LogP contribution is 2.11. The van der Waals surface area contributed by atoms with Crippen LogP contribution in [0.3, 0.4) is 0 Å². The molecule has 0 aliphatic heterocycles. The Hall–Kier alpha value is -0.480. The van der Waals surface area contributed by atoms with E-state index in [0.717, 1.165) is 5.75 Å². The van der Waals surface area contributed by atoms with E-state index in [-0.39, 0.29) is 5.97 Å². The largest absolute Gasteiger partial charge is 0.451 e. The number of esters is 1. The third-order valence-corrected chi connectivity index (χ3v) is 3.36. The van der Waals surface area contributed by atoms with Gasteiger partial charge in [0.2, 0.25) is 0 Å². The van der Waals surface area contributed by atoms with Crippen molar-refractivity contribution in [3.8, 4) is 0 Å². The van der Waals surface area contributed by atoms with E-state index in [1.54, 1.807) is 23.2 Å². The predicted octanol–water partition coefficient (Wildman–Crippen LogP) is 3.64. The summed E-state index contributed by atoms with van der Waals surface area (Å²) in [5.41, 5.74) is 0.657. The fourth-order valence-electron chi connectivity index (χ4n) is 0.937. The van der Waals surface area contributed by atoms with Crippen LogP contribution in [0.15, 0.2) is 16.8 Å². The Morgan fingerprint density at radius 3 is 3.00 bits per heavy atom. The number of carbonyl (C=O) groups is 1. The van der Waals surface area contributed by atoms with Gasteiger partial charge in [-0.3, -0.25) is 0 Å². The van der Waals surface area contributed by atoms with Gasteiger partial charge in [-0.1, -0.05) is 13.8 Å². The predicted molar refractivity (Wildman–Crippen MR) is 66.5 cm³/mol. The lowest BCUT2D eigenvalue weighted by atomic mass is 10.2. The number of hydrogen-bond acceptors (Lipinski definition) is 4. The molecule has 0 amide bonds. The van der Waals surface area contributed by atoms with Gasteiger partial charge in [-0.2, -0.15) is 11.3 Å². The average Bonchev–Trinajstić information content (AvgIpc) is 2.69. The Kier molecular flexibility index (Phi) is 5.79. The molecule has 15 heavy (non-hydrogen) atoms. The number of ether oxygens (including phenoxy) is 1. The molecule has 1 rings (SSSR count). The van der Waals surface area contributed by atoms with Crippen molar-refractivity contribution in [1.82, 2.24) is 0 Å². The van der Waals surface area contributed by atoms with E-state index in [0.29, 0.717) is 17.4 Å². The van der Waals surface area contributed by atoms with Gasteiger partial charge in [-0.05, 0) is 29.5 Å². The van der Waals surface area contributed by atoms with Crippen LogP contribution >= 0.6 is 23.1 Å². The summed E-state index contributed by atoms with van der Waals surface area (Å²) < 4.78 is 5.10. The van der Waals surface area contributed by atoms with E-state index in [9.17, 15) is 4.79 Å². The lowest BCUT2D eigenvalue weighted by Gasteiger charge is -2.05. The minimum absolute atomic E-state index is 0.215. The topological polar surface area (TPSA) is 26.3 Å². The molecule has 4 heteroatoms. The quantitative estimate of drug-likeness (QED) is 0.434. The number of thiophene rings is 1. The molecular formula is C11H16O2S2. The van der Waals surface area contributed by atoms with Crippen molar-refractivity contribution in [2.45, 2.75) is 20.3 Å². The van der Waals surface area contributed by atoms with E-state index in [1.165, 1.54) is 17.8 Å². The average molecular weight is 244 g/mol. The minimum atomic E-state index is -0.215. The first-order valence-electron chi connectivity index (χ1n) is 4.97. The summed E-state index contributed by atoms with van der Waals surface area (Å²) in [4.78, 5) is 11.4. The summed E-state index contributed by atoms with van der Waals surface area (Å²) in [6, 6.07) is 1.78. The van der Waals surface area contributed by atoms with Crippen LogP contribution in [0.5, 0.6) is 0 Å². The highest BCUT2D eigenvalue weighted by atomic mass is 32.2. The van der Waals surface area contributed by atoms with Crippen LogP contribution in [-0.2, 0) is 4.74 Å². The fourth-order valence-corrected chi connectivity index (χ4v) is 2.51. The maximum Gasteiger partial charge on any atom is 0.339 e. The summed E-state index contributed by atoms with van der Waals surface area (Å²) in [5, 5.41) is 3.68. The Balaban J connectivity index is 2.08. The summed E-state index contributed by atoms with van der Waals surface area (Å²) in [7, 11) is 0. The molecule has 0 saturated carbocycles. The molecule has 84 valence electrons. The van der Waals surface area contributed by atoms with E-state index >= 15 is 0 Å². The molecule has 0 atom stereocenters. The van der Waals surface area contributed by atoms with Gasteiger partial charge in [-0.15, -0.1) is 11.8 Å². The van der Waals surface area contributed by atoms with Gasteiger partial charge in [0.1, 0.15) is 5.94 Å². The van der Waals surface area contributed by atoms with Crippen molar-refractivity contribution in [2.75, 3.05) is 11.7 Å². The van der Waals surface area contributed by atoms with Crippen molar-refractivity contribution in [1.29, 1.82) is 0 Å². The molecule has 0 radical (unpaired) electrons. The Morgan fingerprint density at radius 2 is 2.40 bits per heavy atom. The van der Waals surface area contributed by atoms with Crippen LogP contribution < -0.4 is 0 Å². The smallest absolute Gasteiger partial charge is 0.339 e. The Morgan fingerprint density at radius 1 is 1.60 bits per heavy atom. The molecule has 0 aromatic carbocycles. The van der Waals surface area contributed by atoms with E-state index < -0.39 is 0 Å². The first kappa shape index (κ1) is 12.6. The standard InChI is InChI=1S/C11H16O2S2/c1-9(2)3-5-15-8-13-11(12)10-4-6-14-7-10/h4,6-7,9H,3,5,8H2,1-2H3. The van der Waals surface area contributed by atoms with E-state index in [2.05, 4.69) is 13.8 Å². The first-order valence-corrected chi connectivity index (χ1v) is 7.07. The molecule has 0 spiro atoms. The maximum atomic E-state index is 11.4. The summed E-state index contributed by atoms with van der Waals surface area (Å²) in [6.45, 7) is 4.38. The Bertz CT molecular complexity index is 281. The summed E-state index contributed by atoms with van der Waals surface area (Å²) in [5.74, 6) is 2.01. The first-order chi connectivity index (χ1) is 7.20. The zero-order valence-electron chi connectivity index (χ0n) is 9.06. The van der Waals surface area contributed by atoms with Crippen LogP contribution in [0.2, 0.25) is 0 Å². The van der Waals surface area contributed by atoms with Crippen molar-refractivity contribution >= 4 is 29.1 Å². The molecule has 1 heterocycles.